The monoisotopic (exact) mass is 308 g/mol. The van der Waals surface area contributed by atoms with Crippen molar-refractivity contribution in [1.29, 1.82) is 0 Å². The molecule has 0 amide bonds. The predicted molar refractivity (Wildman–Crippen MR) is 83.6 cm³/mol. The Labute approximate surface area is 124 Å². The molecule has 1 fully saturated rings. The van der Waals surface area contributed by atoms with Gasteiger partial charge in [-0.25, -0.2) is 18.1 Å². The first-order valence-corrected chi connectivity index (χ1v) is 9.03. The van der Waals surface area contributed by atoms with Gasteiger partial charge >= 0.3 is 0 Å². The molecule has 114 valence electrons. The molecule has 1 heterocycles. The fraction of sp³-hybridized carbons (Fsp3) is 0.500. The zero-order valence-electron chi connectivity index (χ0n) is 12.0. The second-order valence-corrected chi connectivity index (χ2v) is 7.50. The van der Waals surface area contributed by atoms with Crippen LogP contribution in [0.15, 0.2) is 18.2 Å². The van der Waals surface area contributed by atoms with E-state index in [-0.39, 0.29) is 0 Å². The van der Waals surface area contributed by atoms with Crippen molar-refractivity contribution in [2.45, 2.75) is 31.7 Å². The first-order chi connectivity index (χ1) is 9.94. The van der Waals surface area contributed by atoms with Crippen LogP contribution in [-0.2, 0) is 16.6 Å². The Morgan fingerprint density at radius 3 is 2.86 bits per heavy atom. The smallest absolute Gasteiger partial charge is 0.208 e. The zero-order chi connectivity index (χ0) is 15.0. The van der Waals surface area contributed by atoms with Gasteiger partial charge in [-0.1, -0.05) is 0 Å². The second-order valence-electron chi connectivity index (χ2n) is 5.66. The minimum atomic E-state index is -3.12. The number of nitrogen functional groups attached to an aromatic ring is 1. The highest BCUT2D eigenvalue weighted by Gasteiger charge is 2.29. The molecule has 1 aromatic heterocycles. The van der Waals surface area contributed by atoms with E-state index in [0.717, 1.165) is 29.8 Å². The summed E-state index contributed by atoms with van der Waals surface area (Å²) >= 11 is 0. The highest BCUT2D eigenvalue weighted by Crippen LogP contribution is 2.40. The van der Waals surface area contributed by atoms with Crippen molar-refractivity contribution in [3.63, 3.8) is 0 Å². The van der Waals surface area contributed by atoms with Crippen LogP contribution in [0.5, 0.6) is 0 Å². The maximum atomic E-state index is 11.1. The minimum Gasteiger partial charge on any atom is -0.399 e. The van der Waals surface area contributed by atoms with Gasteiger partial charge in [0.05, 0.1) is 17.3 Å². The topological polar surface area (TPSA) is 90.0 Å². The molecule has 0 bridgehead atoms. The van der Waals surface area contributed by atoms with Gasteiger partial charge in [-0.3, -0.25) is 0 Å². The van der Waals surface area contributed by atoms with Gasteiger partial charge in [-0.2, -0.15) is 0 Å². The van der Waals surface area contributed by atoms with Gasteiger partial charge in [0.1, 0.15) is 5.82 Å². The van der Waals surface area contributed by atoms with Gasteiger partial charge in [-0.15, -0.1) is 0 Å². The summed E-state index contributed by atoms with van der Waals surface area (Å²) in [5.41, 5.74) is 8.53. The number of aryl methyl sites for hydroxylation is 1. The lowest BCUT2D eigenvalue weighted by molar-refractivity contribution is 0.573. The molecule has 0 atom stereocenters. The number of nitrogens with zero attached hydrogens (tertiary/aromatic N) is 2. The molecule has 1 saturated carbocycles. The molecule has 7 heteroatoms. The Hall–Kier alpha value is -1.60. The molecule has 3 rings (SSSR count). The zero-order valence-corrected chi connectivity index (χ0v) is 12.9. The number of sulfonamides is 1. The van der Waals surface area contributed by atoms with Crippen LogP contribution in [-0.4, -0.2) is 30.8 Å². The van der Waals surface area contributed by atoms with Crippen molar-refractivity contribution >= 4 is 26.7 Å². The number of hydrogen-bond acceptors (Lipinski definition) is 4. The average molecular weight is 308 g/mol. The maximum absolute atomic E-state index is 11.1. The van der Waals surface area contributed by atoms with Crippen LogP contribution in [0.1, 0.15) is 31.0 Å². The maximum Gasteiger partial charge on any atom is 0.208 e. The third kappa shape index (κ3) is 3.36. The van der Waals surface area contributed by atoms with E-state index >= 15 is 0 Å². The molecule has 0 unspecified atom stereocenters. The Morgan fingerprint density at radius 2 is 2.19 bits per heavy atom. The summed E-state index contributed by atoms with van der Waals surface area (Å²) in [5, 5.41) is 0. The van der Waals surface area contributed by atoms with Crippen LogP contribution >= 0.6 is 0 Å². The quantitative estimate of drug-likeness (QED) is 0.624. The van der Waals surface area contributed by atoms with Crippen molar-refractivity contribution in [1.82, 2.24) is 14.3 Å². The van der Waals surface area contributed by atoms with E-state index in [4.69, 9.17) is 10.7 Å². The molecule has 1 aromatic carbocycles. The fourth-order valence-electron chi connectivity index (χ4n) is 2.55. The number of hydrogen-bond donors (Lipinski definition) is 2. The van der Waals surface area contributed by atoms with Gasteiger partial charge < -0.3 is 10.3 Å². The molecule has 0 radical (unpaired) electrons. The van der Waals surface area contributed by atoms with E-state index < -0.39 is 10.0 Å². The van der Waals surface area contributed by atoms with Crippen LogP contribution in [0.25, 0.3) is 11.0 Å². The Bertz CT molecular complexity index is 763. The van der Waals surface area contributed by atoms with Crippen molar-refractivity contribution in [3.8, 4) is 0 Å². The summed E-state index contributed by atoms with van der Waals surface area (Å²) < 4.78 is 26.9. The van der Waals surface area contributed by atoms with Gasteiger partial charge in [0, 0.05) is 24.7 Å². The van der Waals surface area contributed by atoms with Crippen LogP contribution in [0.3, 0.4) is 0 Å². The molecule has 1 aliphatic carbocycles. The number of aromatic nitrogens is 2. The van der Waals surface area contributed by atoms with E-state index in [2.05, 4.69) is 9.29 Å². The molecule has 3 N–H and O–H groups in total. The van der Waals surface area contributed by atoms with Gasteiger partial charge in [0.15, 0.2) is 0 Å². The number of fused-ring (bicyclic) bond motifs is 1. The predicted octanol–water partition coefficient (Wildman–Crippen LogP) is 1.44. The van der Waals surface area contributed by atoms with Crippen molar-refractivity contribution < 1.29 is 8.42 Å². The van der Waals surface area contributed by atoms with E-state index in [0.29, 0.717) is 18.2 Å². The summed E-state index contributed by atoms with van der Waals surface area (Å²) in [4.78, 5) is 4.71. The van der Waals surface area contributed by atoms with E-state index in [1.807, 2.05) is 18.2 Å². The van der Waals surface area contributed by atoms with E-state index in [1.54, 1.807) is 0 Å². The number of anilines is 1. The summed E-state index contributed by atoms with van der Waals surface area (Å²) in [7, 11) is -3.12. The number of benzene rings is 1. The normalized spacial score (nSPS) is 15.7. The van der Waals surface area contributed by atoms with Crippen LogP contribution < -0.4 is 10.5 Å². The highest BCUT2D eigenvalue weighted by molar-refractivity contribution is 7.88. The first-order valence-electron chi connectivity index (χ1n) is 7.14. The molecule has 0 spiro atoms. The van der Waals surface area contributed by atoms with Crippen LogP contribution in [0.4, 0.5) is 5.69 Å². The van der Waals surface area contributed by atoms with Gasteiger partial charge in [0.2, 0.25) is 10.0 Å². The largest absolute Gasteiger partial charge is 0.399 e. The third-order valence-electron chi connectivity index (χ3n) is 3.67. The second kappa shape index (κ2) is 5.31. The highest BCUT2D eigenvalue weighted by atomic mass is 32.2. The Kier molecular flexibility index (Phi) is 3.62. The van der Waals surface area contributed by atoms with Crippen molar-refractivity contribution in [3.05, 3.63) is 24.0 Å². The molecule has 2 aromatic rings. The number of imidazole rings is 1. The van der Waals surface area contributed by atoms with Crippen LogP contribution in [0, 0.1) is 0 Å². The Morgan fingerprint density at radius 1 is 1.43 bits per heavy atom. The van der Waals surface area contributed by atoms with Crippen molar-refractivity contribution in [2.75, 3.05) is 18.5 Å². The molecular formula is C14H20N4O2S. The summed E-state index contributed by atoms with van der Waals surface area (Å²) in [6.07, 6.45) is 4.28. The lowest BCUT2D eigenvalue weighted by Crippen LogP contribution is -2.24. The SMILES string of the molecule is CS(=O)(=O)NCCCn1c(C2CC2)nc2cc(N)ccc21. The molecule has 0 aliphatic heterocycles. The molecular weight excluding hydrogens is 288 g/mol. The fourth-order valence-corrected chi connectivity index (χ4v) is 3.06. The number of nitrogens with two attached hydrogens (primary N) is 1. The summed E-state index contributed by atoms with van der Waals surface area (Å²) in [5.74, 6) is 1.65. The van der Waals surface area contributed by atoms with E-state index in [1.165, 1.54) is 19.1 Å². The van der Waals surface area contributed by atoms with Crippen molar-refractivity contribution in [2.24, 2.45) is 0 Å². The first kappa shape index (κ1) is 14.3. The minimum absolute atomic E-state index is 0.442. The molecule has 6 nitrogen and oxygen atoms in total. The number of nitrogens with one attached hydrogen (secondary N) is 1. The number of rotatable bonds is 6. The molecule has 1 aliphatic rings. The van der Waals surface area contributed by atoms with Crippen LogP contribution in [0.2, 0.25) is 0 Å². The Balaban J connectivity index is 1.81. The van der Waals surface area contributed by atoms with Gasteiger partial charge in [0.25, 0.3) is 0 Å². The molecule has 21 heavy (non-hydrogen) atoms. The summed E-state index contributed by atoms with van der Waals surface area (Å²) in [6.45, 7) is 1.20. The third-order valence-corrected chi connectivity index (χ3v) is 4.40. The van der Waals surface area contributed by atoms with E-state index in [9.17, 15) is 8.42 Å². The summed E-state index contributed by atoms with van der Waals surface area (Å²) in [6, 6.07) is 5.77. The average Bonchev–Trinajstić information content (AvgIpc) is 3.16. The lowest BCUT2D eigenvalue weighted by Gasteiger charge is -2.09. The molecule has 0 saturated heterocycles. The standard InChI is InChI=1S/C14H20N4O2S/c1-21(19,20)16-7-2-8-18-13-6-5-11(15)9-12(13)17-14(18)10-3-4-10/h5-6,9-10,16H,2-4,7-8,15H2,1H3. The lowest BCUT2D eigenvalue weighted by atomic mass is 10.3. The van der Waals surface area contributed by atoms with Gasteiger partial charge in [-0.05, 0) is 37.5 Å².